The quantitative estimate of drug-likeness (QED) is 0.718. The molecule has 0 bridgehead atoms. The van der Waals surface area contributed by atoms with E-state index in [4.69, 9.17) is 0 Å². The van der Waals surface area contributed by atoms with E-state index in [9.17, 15) is 4.79 Å². The number of rotatable bonds is 3. The topological polar surface area (TPSA) is 30.0 Å². The summed E-state index contributed by atoms with van der Waals surface area (Å²) in [6.45, 7) is 9.65. The van der Waals surface area contributed by atoms with Crippen molar-refractivity contribution in [3.63, 3.8) is 0 Å². The van der Waals surface area contributed by atoms with Gasteiger partial charge in [0.1, 0.15) is 5.69 Å². The number of Topliss-reactive ketones (excluding diaryl/α,β-unsaturated/α-hetero) is 1. The van der Waals surface area contributed by atoms with Gasteiger partial charge in [0.2, 0.25) is 0 Å². The number of benzene rings is 1. The van der Waals surface area contributed by atoms with Crippen molar-refractivity contribution in [3.05, 3.63) is 65.5 Å². The maximum absolute atomic E-state index is 11.4. The fraction of sp³-hybridized carbons (Fsp3) is 0.263. The maximum Gasteiger partial charge on any atom is 0.178 e. The van der Waals surface area contributed by atoms with Crippen LogP contribution in [0.5, 0.6) is 0 Å². The first kappa shape index (κ1) is 16.8. The highest BCUT2D eigenvalue weighted by molar-refractivity contribution is 5.93. The highest BCUT2D eigenvalue weighted by atomic mass is 16.1. The Kier molecular flexibility index (Phi) is 6.54. The molecule has 21 heavy (non-hydrogen) atoms. The first-order valence-electron chi connectivity index (χ1n) is 7.31. The number of hydrogen-bond acceptors (Lipinski definition) is 2. The third kappa shape index (κ3) is 4.38. The van der Waals surface area contributed by atoms with E-state index in [1.54, 1.807) is 6.07 Å². The van der Waals surface area contributed by atoms with Gasteiger partial charge in [-0.3, -0.25) is 4.79 Å². The highest BCUT2D eigenvalue weighted by Gasteiger charge is 2.07. The average Bonchev–Trinajstić information content (AvgIpc) is 2.56. The molecular formula is C19H23NO. The number of carbonyl (C=O) groups excluding carboxylic acids is 1. The van der Waals surface area contributed by atoms with Crippen LogP contribution in [-0.2, 0) is 0 Å². The molecule has 1 aromatic heterocycles. The number of nitrogens with zero attached hydrogens (tertiary/aromatic N) is 1. The summed E-state index contributed by atoms with van der Waals surface area (Å²) in [4.78, 5) is 15.8. The van der Waals surface area contributed by atoms with Crippen molar-refractivity contribution in [3.8, 4) is 0 Å². The minimum Gasteiger partial charge on any atom is -0.293 e. The zero-order valence-electron chi connectivity index (χ0n) is 13.5. The van der Waals surface area contributed by atoms with Crippen LogP contribution in [0.1, 0.15) is 56.4 Å². The normalized spacial score (nSPS) is 11.1. The summed E-state index contributed by atoms with van der Waals surface area (Å²) in [6.07, 6.45) is 0. The molecule has 0 saturated carbocycles. The SMILES string of the molecule is CC.CC(=O)c1cccc(/C(C)=C(\C)c2ccccc2)n1. The molecule has 0 aliphatic heterocycles. The lowest BCUT2D eigenvalue weighted by Crippen LogP contribution is -1.99. The second-order valence-electron chi connectivity index (χ2n) is 4.58. The molecule has 0 aliphatic carbocycles. The second kappa shape index (κ2) is 8.15. The minimum absolute atomic E-state index is 0.00739. The molecule has 0 saturated heterocycles. The Hall–Kier alpha value is -2.22. The van der Waals surface area contributed by atoms with Crippen LogP contribution in [0, 0.1) is 0 Å². The summed E-state index contributed by atoms with van der Waals surface area (Å²) < 4.78 is 0. The smallest absolute Gasteiger partial charge is 0.178 e. The summed E-state index contributed by atoms with van der Waals surface area (Å²) >= 11 is 0. The van der Waals surface area contributed by atoms with Crippen LogP contribution in [0.2, 0.25) is 0 Å². The lowest BCUT2D eigenvalue weighted by molar-refractivity contribution is 0.101. The van der Waals surface area contributed by atoms with Crippen molar-refractivity contribution in [1.82, 2.24) is 4.98 Å². The predicted octanol–water partition coefficient (Wildman–Crippen LogP) is 5.26. The standard InChI is InChI=1S/C17H17NO.C2H6/c1-12(15-8-5-4-6-9-15)13(2)16-10-7-11-17(18-16)14(3)19;1-2/h4-11H,1-3H3;1-2H3/b13-12+;. The van der Waals surface area contributed by atoms with Crippen molar-refractivity contribution in [2.24, 2.45) is 0 Å². The first-order chi connectivity index (χ1) is 10.1. The van der Waals surface area contributed by atoms with Crippen molar-refractivity contribution in [1.29, 1.82) is 0 Å². The molecule has 0 aliphatic rings. The van der Waals surface area contributed by atoms with E-state index in [0.717, 1.165) is 11.3 Å². The molecule has 1 heterocycles. The minimum atomic E-state index is -0.00739. The van der Waals surface area contributed by atoms with Crippen LogP contribution in [0.25, 0.3) is 11.1 Å². The second-order valence-corrected chi connectivity index (χ2v) is 4.58. The molecule has 110 valence electrons. The van der Waals surface area contributed by atoms with Crippen molar-refractivity contribution >= 4 is 16.9 Å². The van der Waals surface area contributed by atoms with E-state index in [2.05, 4.69) is 24.0 Å². The molecule has 0 unspecified atom stereocenters. The number of hydrogen-bond donors (Lipinski definition) is 0. The predicted molar refractivity (Wildman–Crippen MR) is 90.2 cm³/mol. The van der Waals surface area contributed by atoms with Crippen LogP contribution in [0.15, 0.2) is 48.5 Å². The van der Waals surface area contributed by atoms with Gasteiger partial charge in [0.05, 0.1) is 5.69 Å². The van der Waals surface area contributed by atoms with Crippen LogP contribution in [-0.4, -0.2) is 10.8 Å². The highest BCUT2D eigenvalue weighted by Crippen LogP contribution is 2.24. The fourth-order valence-corrected chi connectivity index (χ4v) is 1.94. The molecule has 0 atom stereocenters. The molecular weight excluding hydrogens is 258 g/mol. The van der Waals surface area contributed by atoms with Gasteiger partial charge >= 0.3 is 0 Å². The van der Waals surface area contributed by atoms with E-state index < -0.39 is 0 Å². The molecule has 2 nitrogen and oxygen atoms in total. The molecule has 0 radical (unpaired) electrons. The average molecular weight is 281 g/mol. The third-order valence-electron chi connectivity index (χ3n) is 3.26. The zero-order valence-corrected chi connectivity index (χ0v) is 13.5. The van der Waals surface area contributed by atoms with Crippen molar-refractivity contribution < 1.29 is 4.79 Å². The largest absolute Gasteiger partial charge is 0.293 e. The van der Waals surface area contributed by atoms with Crippen LogP contribution >= 0.6 is 0 Å². The summed E-state index contributed by atoms with van der Waals surface area (Å²) in [5, 5.41) is 0. The molecule has 0 spiro atoms. The summed E-state index contributed by atoms with van der Waals surface area (Å²) in [5.41, 5.74) is 4.81. The van der Waals surface area contributed by atoms with Crippen LogP contribution in [0.4, 0.5) is 0 Å². The molecule has 0 fully saturated rings. The first-order valence-corrected chi connectivity index (χ1v) is 7.31. The summed E-state index contributed by atoms with van der Waals surface area (Å²) in [7, 11) is 0. The van der Waals surface area contributed by atoms with E-state index in [1.807, 2.05) is 51.1 Å². The number of carbonyl (C=O) groups is 1. The van der Waals surface area contributed by atoms with Gasteiger partial charge in [-0.25, -0.2) is 4.98 Å². The molecule has 1 aromatic carbocycles. The number of pyridine rings is 1. The third-order valence-corrected chi connectivity index (χ3v) is 3.26. The van der Waals surface area contributed by atoms with Crippen molar-refractivity contribution in [2.45, 2.75) is 34.6 Å². The Morgan fingerprint density at radius 2 is 1.33 bits per heavy atom. The van der Waals surface area contributed by atoms with E-state index in [1.165, 1.54) is 18.1 Å². The molecule has 2 heteroatoms. The molecule has 2 rings (SSSR count). The number of aromatic nitrogens is 1. The van der Waals surface area contributed by atoms with Gasteiger partial charge in [-0.05, 0) is 42.7 Å². The Balaban J connectivity index is 0.00000106. The van der Waals surface area contributed by atoms with Crippen molar-refractivity contribution in [2.75, 3.05) is 0 Å². The zero-order chi connectivity index (χ0) is 15.8. The molecule has 0 amide bonds. The van der Waals surface area contributed by atoms with Gasteiger partial charge in [0, 0.05) is 6.92 Å². The monoisotopic (exact) mass is 281 g/mol. The lowest BCUT2D eigenvalue weighted by atomic mass is 10.00. The Morgan fingerprint density at radius 1 is 0.762 bits per heavy atom. The van der Waals surface area contributed by atoms with E-state index in [0.29, 0.717) is 5.69 Å². The van der Waals surface area contributed by atoms with Gasteiger partial charge in [-0.1, -0.05) is 50.2 Å². The van der Waals surface area contributed by atoms with Gasteiger partial charge in [0.15, 0.2) is 5.78 Å². The van der Waals surface area contributed by atoms with Crippen LogP contribution in [0.3, 0.4) is 0 Å². The fourth-order valence-electron chi connectivity index (χ4n) is 1.94. The Bertz CT molecular complexity index is 627. The number of allylic oxidation sites excluding steroid dienone is 2. The van der Waals surface area contributed by atoms with Gasteiger partial charge in [0.25, 0.3) is 0 Å². The van der Waals surface area contributed by atoms with E-state index >= 15 is 0 Å². The summed E-state index contributed by atoms with van der Waals surface area (Å²) in [6, 6.07) is 15.8. The van der Waals surface area contributed by atoms with Gasteiger partial charge in [-0.2, -0.15) is 0 Å². The number of ketones is 1. The van der Waals surface area contributed by atoms with Crippen LogP contribution < -0.4 is 0 Å². The molecule has 0 N–H and O–H groups in total. The summed E-state index contributed by atoms with van der Waals surface area (Å²) in [5.74, 6) is -0.00739. The van der Waals surface area contributed by atoms with Gasteiger partial charge in [-0.15, -0.1) is 0 Å². The van der Waals surface area contributed by atoms with Gasteiger partial charge < -0.3 is 0 Å². The lowest BCUT2D eigenvalue weighted by Gasteiger charge is -2.08. The maximum atomic E-state index is 11.4. The molecule has 2 aromatic rings. The Labute approximate surface area is 127 Å². The van der Waals surface area contributed by atoms with E-state index in [-0.39, 0.29) is 5.78 Å². The Morgan fingerprint density at radius 3 is 1.90 bits per heavy atom.